The lowest BCUT2D eigenvalue weighted by Crippen LogP contribution is -2.19. The lowest BCUT2D eigenvalue weighted by atomic mass is 10.1. The van der Waals surface area contributed by atoms with Crippen LogP contribution in [0.1, 0.15) is 44.6 Å². The van der Waals surface area contributed by atoms with Crippen LogP contribution in [0.2, 0.25) is 0 Å². The van der Waals surface area contributed by atoms with Crippen LogP contribution in [0.3, 0.4) is 0 Å². The summed E-state index contributed by atoms with van der Waals surface area (Å²) < 4.78 is 1.17. The maximum atomic E-state index is 3.53. The van der Waals surface area contributed by atoms with Gasteiger partial charge >= 0.3 is 0 Å². The number of hydrogen-bond donors (Lipinski definition) is 1. The highest BCUT2D eigenvalue weighted by Gasteiger charge is 2.00. The zero-order valence-electron chi connectivity index (χ0n) is 13.0. The van der Waals surface area contributed by atoms with Crippen molar-refractivity contribution in [2.45, 2.75) is 45.6 Å². The minimum Gasteiger partial charge on any atom is -0.317 e. The maximum absolute atomic E-state index is 3.53. The van der Waals surface area contributed by atoms with Gasteiger partial charge in [0.1, 0.15) is 0 Å². The molecular weight excluding hydrogens is 312 g/mol. The van der Waals surface area contributed by atoms with Gasteiger partial charge in [0.25, 0.3) is 0 Å². The van der Waals surface area contributed by atoms with Crippen LogP contribution in [0.4, 0.5) is 0 Å². The molecule has 0 aliphatic rings. The van der Waals surface area contributed by atoms with Crippen molar-refractivity contribution in [3.05, 3.63) is 34.3 Å². The van der Waals surface area contributed by atoms with Crippen LogP contribution >= 0.6 is 15.9 Å². The molecule has 0 bridgehead atoms. The Kier molecular flexibility index (Phi) is 9.98. The Morgan fingerprint density at radius 3 is 2.65 bits per heavy atom. The molecule has 1 rings (SSSR count). The third-order valence-corrected chi connectivity index (χ3v) is 3.90. The van der Waals surface area contributed by atoms with Gasteiger partial charge in [0.15, 0.2) is 0 Å². The minimum atomic E-state index is 1.04. The number of benzene rings is 1. The average molecular weight is 341 g/mol. The van der Waals surface area contributed by atoms with E-state index in [1.165, 1.54) is 55.2 Å². The van der Waals surface area contributed by atoms with Gasteiger partial charge in [-0.3, -0.25) is 0 Å². The van der Waals surface area contributed by atoms with E-state index in [4.69, 9.17) is 0 Å². The molecule has 0 saturated heterocycles. The Morgan fingerprint density at radius 2 is 1.90 bits per heavy atom. The molecule has 1 aromatic rings. The molecule has 0 heterocycles. The third-order valence-electron chi connectivity index (χ3n) is 3.41. The smallest absolute Gasteiger partial charge is 0.0231 e. The normalized spacial score (nSPS) is 11.2. The highest BCUT2D eigenvalue weighted by atomic mass is 79.9. The summed E-state index contributed by atoms with van der Waals surface area (Å²) in [6.45, 7) is 6.79. The van der Waals surface area contributed by atoms with Crippen molar-refractivity contribution in [1.82, 2.24) is 10.2 Å². The monoisotopic (exact) mass is 340 g/mol. The zero-order valence-corrected chi connectivity index (χ0v) is 14.6. The Labute approximate surface area is 133 Å². The van der Waals surface area contributed by atoms with Crippen LogP contribution in [0.25, 0.3) is 0 Å². The number of unbranched alkanes of at least 4 members (excludes halogenated alkanes) is 3. The molecule has 1 aromatic carbocycles. The molecule has 0 aliphatic heterocycles. The average Bonchev–Trinajstić information content (AvgIpc) is 2.42. The lowest BCUT2D eigenvalue weighted by molar-refractivity contribution is 0.316. The summed E-state index contributed by atoms with van der Waals surface area (Å²) >= 11 is 3.53. The second kappa shape index (κ2) is 11.3. The van der Waals surface area contributed by atoms with E-state index in [-0.39, 0.29) is 0 Å². The van der Waals surface area contributed by atoms with Crippen molar-refractivity contribution in [3.63, 3.8) is 0 Å². The van der Waals surface area contributed by atoms with E-state index in [9.17, 15) is 0 Å². The summed E-state index contributed by atoms with van der Waals surface area (Å²) in [5.41, 5.74) is 1.38. The van der Waals surface area contributed by atoms with Gasteiger partial charge in [-0.1, -0.05) is 47.8 Å². The summed E-state index contributed by atoms with van der Waals surface area (Å²) in [7, 11) is 2.21. The van der Waals surface area contributed by atoms with Gasteiger partial charge in [-0.25, -0.2) is 0 Å². The molecule has 2 nitrogen and oxygen atoms in total. The Balaban J connectivity index is 2.01. The van der Waals surface area contributed by atoms with Crippen LogP contribution in [-0.2, 0) is 6.54 Å². The van der Waals surface area contributed by atoms with Crippen molar-refractivity contribution in [2.24, 2.45) is 0 Å². The van der Waals surface area contributed by atoms with Crippen LogP contribution in [-0.4, -0.2) is 31.6 Å². The van der Waals surface area contributed by atoms with Gasteiger partial charge in [0.2, 0.25) is 0 Å². The van der Waals surface area contributed by atoms with Crippen molar-refractivity contribution in [2.75, 3.05) is 26.7 Å². The fourth-order valence-corrected chi connectivity index (χ4v) is 2.76. The standard InChI is InChI=1S/C17H29BrN2/c1-3-11-19-12-6-4-5-7-13-20(2)15-16-9-8-10-17(18)14-16/h8-10,14,19H,3-7,11-13,15H2,1-2H3. The second-order valence-corrected chi connectivity index (χ2v) is 6.45. The van der Waals surface area contributed by atoms with Gasteiger partial charge in [-0.15, -0.1) is 0 Å². The van der Waals surface area contributed by atoms with E-state index in [0.29, 0.717) is 0 Å². The molecule has 0 aromatic heterocycles. The lowest BCUT2D eigenvalue weighted by Gasteiger charge is -2.16. The van der Waals surface area contributed by atoms with Gasteiger partial charge in [-0.2, -0.15) is 0 Å². The fraction of sp³-hybridized carbons (Fsp3) is 0.647. The molecular formula is C17H29BrN2. The van der Waals surface area contributed by atoms with Gasteiger partial charge in [0, 0.05) is 11.0 Å². The molecule has 0 atom stereocenters. The van der Waals surface area contributed by atoms with Crippen LogP contribution < -0.4 is 5.32 Å². The molecule has 0 radical (unpaired) electrons. The highest BCUT2D eigenvalue weighted by molar-refractivity contribution is 9.10. The van der Waals surface area contributed by atoms with E-state index < -0.39 is 0 Å². The number of rotatable bonds is 11. The Hall–Kier alpha value is -0.380. The van der Waals surface area contributed by atoms with E-state index in [2.05, 4.69) is 64.4 Å². The number of nitrogens with zero attached hydrogens (tertiary/aromatic N) is 1. The number of hydrogen-bond acceptors (Lipinski definition) is 2. The second-order valence-electron chi connectivity index (χ2n) is 5.53. The molecule has 114 valence electrons. The van der Waals surface area contributed by atoms with E-state index in [1.807, 2.05) is 0 Å². The van der Waals surface area contributed by atoms with Crippen LogP contribution in [0.5, 0.6) is 0 Å². The number of halogens is 1. The molecule has 20 heavy (non-hydrogen) atoms. The predicted molar refractivity (Wildman–Crippen MR) is 92.1 cm³/mol. The number of nitrogens with one attached hydrogen (secondary N) is 1. The maximum Gasteiger partial charge on any atom is 0.0231 e. The van der Waals surface area contributed by atoms with Crippen molar-refractivity contribution in [1.29, 1.82) is 0 Å². The van der Waals surface area contributed by atoms with Crippen molar-refractivity contribution >= 4 is 15.9 Å². The summed E-state index contributed by atoms with van der Waals surface area (Å²) in [6, 6.07) is 8.59. The molecule has 0 fully saturated rings. The Morgan fingerprint density at radius 1 is 1.10 bits per heavy atom. The largest absolute Gasteiger partial charge is 0.317 e. The topological polar surface area (TPSA) is 15.3 Å². The predicted octanol–water partition coefficient (Wildman–Crippen LogP) is 4.44. The molecule has 0 aliphatic carbocycles. The van der Waals surface area contributed by atoms with E-state index >= 15 is 0 Å². The summed E-state index contributed by atoms with van der Waals surface area (Å²) in [6.07, 6.45) is 6.55. The molecule has 0 spiro atoms. The fourth-order valence-electron chi connectivity index (χ4n) is 2.31. The van der Waals surface area contributed by atoms with Crippen LogP contribution in [0.15, 0.2) is 28.7 Å². The molecule has 1 N–H and O–H groups in total. The zero-order chi connectivity index (χ0) is 14.6. The minimum absolute atomic E-state index is 1.04. The summed E-state index contributed by atoms with van der Waals surface area (Å²) in [4.78, 5) is 2.41. The van der Waals surface area contributed by atoms with Gasteiger partial charge in [-0.05, 0) is 63.6 Å². The van der Waals surface area contributed by atoms with Gasteiger partial charge < -0.3 is 10.2 Å². The summed E-state index contributed by atoms with van der Waals surface area (Å²) in [5.74, 6) is 0. The van der Waals surface area contributed by atoms with Crippen molar-refractivity contribution < 1.29 is 0 Å². The van der Waals surface area contributed by atoms with Crippen molar-refractivity contribution in [3.8, 4) is 0 Å². The first-order valence-corrected chi connectivity index (χ1v) is 8.65. The molecule has 3 heteroatoms. The van der Waals surface area contributed by atoms with Gasteiger partial charge in [0.05, 0.1) is 0 Å². The van der Waals surface area contributed by atoms with E-state index in [1.54, 1.807) is 0 Å². The molecule has 0 saturated carbocycles. The molecule has 0 unspecified atom stereocenters. The third kappa shape index (κ3) is 8.72. The van der Waals surface area contributed by atoms with E-state index in [0.717, 1.165) is 13.1 Å². The molecule has 0 amide bonds. The first-order chi connectivity index (χ1) is 9.72. The summed E-state index contributed by atoms with van der Waals surface area (Å²) in [5, 5.41) is 3.46. The first kappa shape index (κ1) is 17.7. The quantitative estimate of drug-likeness (QED) is 0.599. The van der Waals surface area contributed by atoms with Crippen LogP contribution in [0, 0.1) is 0 Å². The SMILES string of the molecule is CCCNCCCCCCN(C)Cc1cccc(Br)c1. The highest BCUT2D eigenvalue weighted by Crippen LogP contribution is 2.13. The first-order valence-electron chi connectivity index (χ1n) is 7.86. The Bertz CT molecular complexity index is 355.